The lowest BCUT2D eigenvalue weighted by Crippen LogP contribution is -2.01. The van der Waals surface area contributed by atoms with Gasteiger partial charge in [0.05, 0.1) is 14.2 Å². The maximum absolute atomic E-state index is 14.1. The summed E-state index contributed by atoms with van der Waals surface area (Å²) < 4.78 is 40.1. The molecule has 0 aliphatic rings. The Labute approximate surface area is 189 Å². The summed E-state index contributed by atoms with van der Waals surface area (Å²) >= 11 is 1.32. The van der Waals surface area contributed by atoms with E-state index in [9.17, 15) is 8.78 Å². The van der Waals surface area contributed by atoms with E-state index in [4.69, 9.17) is 9.47 Å². The van der Waals surface area contributed by atoms with Crippen LogP contribution >= 0.6 is 11.8 Å². The molecular formula is C24H21F2N3O2S. The van der Waals surface area contributed by atoms with Crippen LogP contribution in [-0.2, 0) is 5.75 Å². The van der Waals surface area contributed by atoms with Crippen molar-refractivity contribution >= 4 is 11.8 Å². The molecule has 0 N–H and O–H groups in total. The van der Waals surface area contributed by atoms with Gasteiger partial charge < -0.3 is 9.47 Å². The highest BCUT2D eigenvalue weighted by Crippen LogP contribution is 2.34. The minimum atomic E-state index is -0.603. The Hall–Kier alpha value is -3.39. The molecule has 0 bridgehead atoms. The van der Waals surface area contributed by atoms with Crippen LogP contribution in [0.4, 0.5) is 8.78 Å². The highest BCUT2D eigenvalue weighted by Gasteiger charge is 2.18. The fourth-order valence-corrected chi connectivity index (χ4v) is 4.21. The first kappa shape index (κ1) is 21.8. The van der Waals surface area contributed by atoms with Crippen molar-refractivity contribution in [2.45, 2.75) is 17.8 Å². The topological polar surface area (TPSA) is 49.2 Å². The Balaban J connectivity index is 1.79. The monoisotopic (exact) mass is 453 g/mol. The summed E-state index contributed by atoms with van der Waals surface area (Å²) in [6, 6.07) is 17.0. The van der Waals surface area contributed by atoms with Crippen molar-refractivity contribution in [3.63, 3.8) is 0 Å². The van der Waals surface area contributed by atoms with Crippen LogP contribution in [0.15, 0.2) is 65.8 Å². The first-order chi connectivity index (χ1) is 15.5. The predicted molar refractivity (Wildman–Crippen MR) is 121 cm³/mol. The van der Waals surface area contributed by atoms with E-state index < -0.39 is 11.6 Å². The lowest BCUT2D eigenvalue weighted by atomic mass is 10.1. The zero-order chi connectivity index (χ0) is 22.7. The van der Waals surface area contributed by atoms with Crippen LogP contribution in [0.5, 0.6) is 11.5 Å². The number of rotatable bonds is 7. The van der Waals surface area contributed by atoms with Gasteiger partial charge in [-0.25, -0.2) is 8.78 Å². The normalized spacial score (nSPS) is 10.9. The van der Waals surface area contributed by atoms with E-state index in [0.717, 1.165) is 22.9 Å². The number of thioether (sulfide) groups is 1. The van der Waals surface area contributed by atoms with E-state index in [1.54, 1.807) is 20.3 Å². The molecule has 4 aromatic rings. The molecule has 0 amide bonds. The van der Waals surface area contributed by atoms with Gasteiger partial charge >= 0.3 is 0 Å². The third kappa shape index (κ3) is 4.60. The smallest absolute Gasteiger partial charge is 0.196 e. The number of methoxy groups -OCH3 is 2. The number of halogens is 2. The van der Waals surface area contributed by atoms with Crippen LogP contribution in [0.1, 0.15) is 11.1 Å². The standard InChI is InChI=1S/C24H21F2N3O2S/c1-15-5-4-6-19(9-15)29-23(17-10-20(30-2)13-21(11-17)31-3)27-28-24(29)32-14-16-7-8-18(25)12-22(16)26/h4-13H,14H2,1-3H3. The molecule has 0 unspecified atom stereocenters. The summed E-state index contributed by atoms with van der Waals surface area (Å²) in [5.41, 5.74) is 3.09. The molecule has 1 heterocycles. The molecule has 4 rings (SSSR count). The number of hydrogen-bond donors (Lipinski definition) is 0. The SMILES string of the molecule is COc1cc(OC)cc(-c2nnc(SCc3ccc(F)cc3F)n2-c2cccc(C)c2)c1. The second-order valence-electron chi connectivity index (χ2n) is 7.11. The lowest BCUT2D eigenvalue weighted by Gasteiger charge is -2.13. The van der Waals surface area contributed by atoms with Crippen molar-refractivity contribution in [1.29, 1.82) is 0 Å². The summed E-state index contributed by atoms with van der Waals surface area (Å²) in [6.07, 6.45) is 0. The van der Waals surface area contributed by atoms with Gasteiger partial charge in [0.2, 0.25) is 0 Å². The molecule has 0 spiro atoms. The number of aromatic nitrogens is 3. The minimum Gasteiger partial charge on any atom is -0.497 e. The summed E-state index contributed by atoms with van der Waals surface area (Å²) in [4.78, 5) is 0. The zero-order valence-electron chi connectivity index (χ0n) is 17.8. The van der Waals surface area contributed by atoms with Crippen LogP contribution < -0.4 is 9.47 Å². The Kier molecular flexibility index (Phi) is 6.41. The van der Waals surface area contributed by atoms with E-state index in [-0.39, 0.29) is 5.75 Å². The Bertz CT molecular complexity index is 1240. The van der Waals surface area contributed by atoms with E-state index in [1.165, 1.54) is 23.9 Å². The fourth-order valence-electron chi connectivity index (χ4n) is 3.27. The van der Waals surface area contributed by atoms with E-state index in [0.29, 0.717) is 28.0 Å². The molecule has 0 fully saturated rings. The number of aryl methyl sites for hydroxylation is 1. The molecule has 0 aliphatic carbocycles. The van der Waals surface area contributed by atoms with Gasteiger partial charge in [0.1, 0.15) is 23.1 Å². The van der Waals surface area contributed by atoms with Gasteiger partial charge in [-0.3, -0.25) is 4.57 Å². The van der Waals surface area contributed by atoms with Gasteiger partial charge in [-0.2, -0.15) is 0 Å². The lowest BCUT2D eigenvalue weighted by molar-refractivity contribution is 0.394. The summed E-state index contributed by atoms with van der Waals surface area (Å²) in [7, 11) is 3.17. The zero-order valence-corrected chi connectivity index (χ0v) is 18.6. The predicted octanol–water partition coefficient (Wildman–Crippen LogP) is 5.83. The van der Waals surface area contributed by atoms with Gasteiger partial charge in [0.15, 0.2) is 11.0 Å². The van der Waals surface area contributed by atoms with Crippen molar-refractivity contribution in [2.75, 3.05) is 14.2 Å². The second-order valence-corrected chi connectivity index (χ2v) is 8.05. The molecule has 0 saturated heterocycles. The molecule has 32 heavy (non-hydrogen) atoms. The maximum atomic E-state index is 14.1. The van der Waals surface area contributed by atoms with Gasteiger partial charge in [0, 0.05) is 29.1 Å². The number of nitrogens with zero attached hydrogens (tertiary/aromatic N) is 3. The highest BCUT2D eigenvalue weighted by molar-refractivity contribution is 7.98. The number of ether oxygens (including phenoxy) is 2. The van der Waals surface area contributed by atoms with E-state index in [1.807, 2.05) is 47.9 Å². The molecule has 1 aromatic heterocycles. The Morgan fingerprint density at radius 2 is 1.66 bits per heavy atom. The molecule has 5 nitrogen and oxygen atoms in total. The van der Waals surface area contributed by atoms with Gasteiger partial charge in [-0.15, -0.1) is 10.2 Å². The van der Waals surface area contributed by atoms with Crippen LogP contribution in [0.25, 0.3) is 17.1 Å². The second kappa shape index (κ2) is 9.40. The molecule has 0 saturated carbocycles. The molecule has 3 aromatic carbocycles. The average molecular weight is 454 g/mol. The quantitative estimate of drug-likeness (QED) is 0.330. The average Bonchev–Trinajstić information content (AvgIpc) is 3.22. The molecule has 0 aliphatic heterocycles. The summed E-state index contributed by atoms with van der Waals surface area (Å²) in [5.74, 6) is 0.930. The van der Waals surface area contributed by atoms with Crippen LogP contribution in [0, 0.1) is 18.6 Å². The Morgan fingerprint density at radius 3 is 2.31 bits per heavy atom. The van der Waals surface area contributed by atoms with Crippen molar-refractivity contribution < 1.29 is 18.3 Å². The van der Waals surface area contributed by atoms with E-state index in [2.05, 4.69) is 10.2 Å². The molecule has 0 atom stereocenters. The van der Waals surface area contributed by atoms with E-state index >= 15 is 0 Å². The minimum absolute atomic E-state index is 0.275. The van der Waals surface area contributed by atoms with Crippen LogP contribution in [0.2, 0.25) is 0 Å². The third-order valence-electron chi connectivity index (χ3n) is 4.87. The number of benzene rings is 3. The van der Waals surface area contributed by atoms with Crippen molar-refractivity contribution in [1.82, 2.24) is 14.8 Å². The van der Waals surface area contributed by atoms with Crippen LogP contribution in [0.3, 0.4) is 0 Å². The maximum Gasteiger partial charge on any atom is 0.196 e. The molecule has 8 heteroatoms. The largest absolute Gasteiger partial charge is 0.497 e. The van der Waals surface area contributed by atoms with Gasteiger partial charge in [-0.05, 0) is 48.4 Å². The summed E-state index contributed by atoms with van der Waals surface area (Å²) in [6.45, 7) is 2.00. The van der Waals surface area contributed by atoms with Gasteiger partial charge in [-0.1, -0.05) is 30.0 Å². The summed E-state index contributed by atoms with van der Waals surface area (Å²) in [5, 5.41) is 9.37. The van der Waals surface area contributed by atoms with Crippen LogP contribution in [-0.4, -0.2) is 29.0 Å². The first-order valence-corrected chi connectivity index (χ1v) is 10.8. The molecule has 0 radical (unpaired) electrons. The van der Waals surface area contributed by atoms with Crippen molar-refractivity contribution in [3.8, 4) is 28.6 Å². The number of hydrogen-bond acceptors (Lipinski definition) is 5. The molecular weight excluding hydrogens is 432 g/mol. The Morgan fingerprint density at radius 1 is 0.906 bits per heavy atom. The van der Waals surface area contributed by atoms with Gasteiger partial charge in [0.25, 0.3) is 0 Å². The highest BCUT2D eigenvalue weighted by atomic mass is 32.2. The first-order valence-electron chi connectivity index (χ1n) is 9.81. The molecule has 164 valence electrons. The van der Waals surface area contributed by atoms with Crippen molar-refractivity contribution in [3.05, 3.63) is 83.4 Å². The fraction of sp³-hybridized carbons (Fsp3) is 0.167. The third-order valence-corrected chi connectivity index (χ3v) is 5.85. The van der Waals surface area contributed by atoms with Crippen molar-refractivity contribution in [2.24, 2.45) is 0 Å².